The van der Waals surface area contributed by atoms with Crippen LogP contribution < -0.4 is 0 Å². The first kappa shape index (κ1) is 26.3. The molecule has 0 aliphatic carbocycles. The number of esters is 1. The molecule has 1 aliphatic rings. The zero-order valence-corrected chi connectivity index (χ0v) is 19.3. The Kier molecular flexibility index (Phi) is 12.3. The first-order valence-electron chi connectivity index (χ1n) is 12.1. The van der Waals surface area contributed by atoms with Crippen LogP contribution in [0, 0.1) is 16.0 Å². The summed E-state index contributed by atoms with van der Waals surface area (Å²) < 4.78 is 11.3. The number of carbonyl (C=O) groups is 1. The van der Waals surface area contributed by atoms with E-state index in [-0.39, 0.29) is 48.1 Å². The van der Waals surface area contributed by atoms with Crippen LogP contribution in [0.25, 0.3) is 0 Å². The Hall–Kier alpha value is -1.99. The van der Waals surface area contributed by atoms with Gasteiger partial charge in [-0.25, -0.2) is 0 Å². The number of rotatable bonds is 15. The van der Waals surface area contributed by atoms with Gasteiger partial charge >= 0.3 is 5.97 Å². The lowest BCUT2D eigenvalue weighted by Crippen LogP contribution is -2.39. The Morgan fingerprint density at radius 3 is 2.59 bits per heavy atom. The summed E-state index contributed by atoms with van der Waals surface area (Å²) >= 11 is 0. The molecule has 1 N–H and O–H groups in total. The zero-order valence-electron chi connectivity index (χ0n) is 19.3. The zero-order chi connectivity index (χ0) is 23.2. The van der Waals surface area contributed by atoms with E-state index in [2.05, 4.69) is 0 Å². The van der Waals surface area contributed by atoms with Crippen LogP contribution in [0.15, 0.2) is 30.3 Å². The summed E-state index contributed by atoms with van der Waals surface area (Å²) in [5.41, 5.74) is 0.886. The van der Waals surface area contributed by atoms with Crippen molar-refractivity contribution in [2.24, 2.45) is 5.92 Å². The quantitative estimate of drug-likeness (QED) is 0.177. The minimum atomic E-state index is -0.362. The topological polar surface area (TPSA) is 98.9 Å². The van der Waals surface area contributed by atoms with E-state index in [9.17, 15) is 20.0 Å². The molecule has 0 aromatic heterocycles. The normalized spacial score (nSPS) is 20.4. The molecule has 2 rings (SSSR count). The molecule has 32 heavy (non-hydrogen) atoms. The van der Waals surface area contributed by atoms with Crippen molar-refractivity contribution >= 4 is 5.97 Å². The van der Waals surface area contributed by atoms with Crippen molar-refractivity contribution in [3.63, 3.8) is 0 Å². The molecule has 1 aromatic carbocycles. The molecule has 180 valence electrons. The molecule has 0 unspecified atom stereocenters. The van der Waals surface area contributed by atoms with Crippen LogP contribution in [0.4, 0.5) is 0 Å². The fraction of sp³-hybridized carbons (Fsp3) is 0.720. The lowest BCUT2D eigenvalue weighted by atomic mass is 9.80. The van der Waals surface area contributed by atoms with E-state index in [1.54, 1.807) is 0 Å². The van der Waals surface area contributed by atoms with Crippen molar-refractivity contribution in [1.82, 2.24) is 0 Å². The molecule has 0 spiro atoms. The second-order valence-electron chi connectivity index (χ2n) is 8.72. The van der Waals surface area contributed by atoms with E-state index >= 15 is 0 Å². The summed E-state index contributed by atoms with van der Waals surface area (Å²) in [6.45, 7) is 1.94. The molecule has 1 saturated heterocycles. The Balaban J connectivity index is 1.79. The van der Waals surface area contributed by atoms with Crippen LogP contribution in [-0.2, 0) is 14.3 Å². The first-order chi connectivity index (χ1) is 15.5. The van der Waals surface area contributed by atoms with E-state index in [1.807, 2.05) is 37.3 Å². The second kappa shape index (κ2) is 15.0. The largest absolute Gasteiger partial charge is 0.466 e. The summed E-state index contributed by atoms with van der Waals surface area (Å²) in [7, 11) is 0. The van der Waals surface area contributed by atoms with E-state index in [0.29, 0.717) is 13.0 Å². The van der Waals surface area contributed by atoms with E-state index in [0.717, 1.165) is 63.4 Å². The first-order valence-corrected chi connectivity index (χ1v) is 12.1. The molecular formula is C25H39NO6. The predicted octanol–water partition coefficient (Wildman–Crippen LogP) is 4.89. The van der Waals surface area contributed by atoms with Gasteiger partial charge in [-0.2, -0.15) is 0 Å². The Morgan fingerprint density at radius 2 is 1.91 bits per heavy atom. The summed E-state index contributed by atoms with van der Waals surface area (Å²) in [5.74, 6) is -0.758. The molecule has 7 heteroatoms. The molecule has 1 aromatic rings. The average Bonchev–Trinajstić information content (AvgIpc) is 2.79. The van der Waals surface area contributed by atoms with Crippen molar-refractivity contribution < 1.29 is 24.3 Å². The molecule has 0 radical (unpaired) electrons. The molecule has 4 atom stereocenters. The third kappa shape index (κ3) is 9.25. The summed E-state index contributed by atoms with van der Waals surface area (Å²) in [4.78, 5) is 22.4. The van der Waals surface area contributed by atoms with Gasteiger partial charge in [0.15, 0.2) is 0 Å². The number of ether oxygens (including phenoxy) is 2. The molecule has 1 fully saturated rings. The molecule has 0 saturated carbocycles. The Labute approximate surface area is 191 Å². The SMILES string of the molecule is CCOC(=O)CCCCCCC[C@H]1CCC[C@@H]([C@@H](CO)[C@H](C[N+](=O)[O-])c2ccccc2)O1. The van der Waals surface area contributed by atoms with Crippen LogP contribution in [0.3, 0.4) is 0 Å². The van der Waals surface area contributed by atoms with Crippen LogP contribution in [0.5, 0.6) is 0 Å². The van der Waals surface area contributed by atoms with Gasteiger partial charge in [0.2, 0.25) is 6.54 Å². The third-order valence-electron chi connectivity index (χ3n) is 6.37. The lowest BCUT2D eigenvalue weighted by Gasteiger charge is -2.37. The highest BCUT2D eigenvalue weighted by molar-refractivity contribution is 5.69. The number of aliphatic hydroxyl groups excluding tert-OH is 1. The number of benzene rings is 1. The number of nitro groups is 1. The molecule has 0 bridgehead atoms. The van der Waals surface area contributed by atoms with Gasteiger partial charge in [0.25, 0.3) is 0 Å². The highest BCUT2D eigenvalue weighted by Gasteiger charge is 2.36. The van der Waals surface area contributed by atoms with Crippen LogP contribution in [0.2, 0.25) is 0 Å². The van der Waals surface area contributed by atoms with Gasteiger partial charge in [-0.1, -0.05) is 56.0 Å². The number of unbranched alkanes of at least 4 members (excludes halogenated alkanes) is 4. The number of nitrogens with zero attached hydrogens (tertiary/aromatic N) is 1. The minimum Gasteiger partial charge on any atom is -0.466 e. The van der Waals surface area contributed by atoms with E-state index < -0.39 is 0 Å². The van der Waals surface area contributed by atoms with Crippen LogP contribution in [0.1, 0.15) is 82.6 Å². The monoisotopic (exact) mass is 449 g/mol. The number of aliphatic hydroxyl groups is 1. The highest BCUT2D eigenvalue weighted by Crippen LogP contribution is 2.35. The van der Waals surface area contributed by atoms with Crippen LogP contribution >= 0.6 is 0 Å². The smallest absolute Gasteiger partial charge is 0.305 e. The molecular weight excluding hydrogens is 410 g/mol. The van der Waals surface area contributed by atoms with Gasteiger partial charge in [0.05, 0.1) is 24.7 Å². The summed E-state index contributed by atoms with van der Waals surface area (Å²) in [6.07, 6.45) is 9.47. The van der Waals surface area contributed by atoms with Gasteiger partial charge in [0.1, 0.15) is 0 Å². The molecule has 0 amide bonds. The predicted molar refractivity (Wildman–Crippen MR) is 123 cm³/mol. The summed E-state index contributed by atoms with van der Waals surface area (Å²) in [5, 5.41) is 21.5. The van der Waals surface area contributed by atoms with Gasteiger partial charge in [-0.3, -0.25) is 14.9 Å². The maximum Gasteiger partial charge on any atom is 0.305 e. The Bertz CT molecular complexity index is 668. The summed E-state index contributed by atoms with van der Waals surface area (Å²) in [6, 6.07) is 9.46. The number of hydrogen-bond acceptors (Lipinski definition) is 6. The van der Waals surface area contributed by atoms with E-state index in [4.69, 9.17) is 9.47 Å². The fourth-order valence-corrected chi connectivity index (χ4v) is 4.71. The van der Waals surface area contributed by atoms with Gasteiger partial charge in [0, 0.05) is 23.9 Å². The minimum absolute atomic E-state index is 0.113. The van der Waals surface area contributed by atoms with Gasteiger partial charge in [-0.15, -0.1) is 0 Å². The van der Waals surface area contributed by atoms with Crippen molar-refractivity contribution in [3.8, 4) is 0 Å². The molecule has 1 aliphatic heterocycles. The number of hydrogen-bond donors (Lipinski definition) is 1. The van der Waals surface area contributed by atoms with Crippen molar-refractivity contribution in [2.75, 3.05) is 19.8 Å². The average molecular weight is 450 g/mol. The number of carbonyl (C=O) groups excluding carboxylic acids is 1. The fourth-order valence-electron chi connectivity index (χ4n) is 4.71. The van der Waals surface area contributed by atoms with Crippen molar-refractivity contribution in [1.29, 1.82) is 0 Å². The van der Waals surface area contributed by atoms with Gasteiger partial charge < -0.3 is 14.6 Å². The third-order valence-corrected chi connectivity index (χ3v) is 6.37. The van der Waals surface area contributed by atoms with E-state index in [1.165, 1.54) is 0 Å². The van der Waals surface area contributed by atoms with Crippen molar-refractivity contribution in [2.45, 2.75) is 89.3 Å². The lowest BCUT2D eigenvalue weighted by molar-refractivity contribution is -0.485. The Morgan fingerprint density at radius 1 is 1.19 bits per heavy atom. The molecule has 1 heterocycles. The standard InChI is InChI=1S/C25H39NO6/c1-2-31-25(28)17-10-5-3-4-9-14-21-15-11-16-24(32-21)23(19-27)22(18-26(29)30)20-12-7-6-8-13-20/h6-8,12-13,21-24,27H,2-5,9-11,14-19H2,1H3/t21-,22+,23-,24-/m0/s1. The van der Waals surface area contributed by atoms with Crippen molar-refractivity contribution in [3.05, 3.63) is 46.0 Å². The van der Waals surface area contributed by atoms with Gasteiger partial charge in [-0.05, 0) is 44.6 Å². The second-order valence-corrected chi connectivity index (χ2v) is 8.72. The maximum absolute atomic E-state index is 11.4. The maximum atomic E-state index is 11.4. The highest BCUT2D eigenvalue weighted by atomic mass is 16.6. The van der Waals surface area contributed by atoms with Crippen LogP contribution in [-0.4, -0.2) is 48.0 Å². The molecule has 7 nitrogen and oxygen atoms in total.